The van der Waals surface area contributed by atoms with Gasteiger partial charge in [0.25, 0.3) is 10.0 Å². The van der Waals surface area contributed by atoms with Crippen LogP contribution in [0, 0.1) is 0 Å². The lowest BCUT2D eigenvalue weighted by atomic mass is 10.3. The van der Waals surface area contributed by atoms with Crippen LogP contribution in [0.3, 0.4) is 0 Å². The molecule has 5 nitrogen and oxygen atoms in total. The summed E-state index contributed by atoms with van der Waals surface area (Å²) in [5.74, 6) is 0. The monoisotopic (exact) mass is 435 g/mol. The highest BCUT2D eigenvalue weighted by Gasteiger charge is 2.18. The molecule has 8 heteroatoms. The molecule has 1 aromatic heterocycles. The average Bonchev–Trinajstić information content (AvgIpc) is 2.77. The zero-order valence-electron chi connectivity index (χ0n) is 11.5. The van der Waals surface area contributed by atoms with Crippen molar-refractivity contribution in [3.63, 3.8) is 0 Å². The van der Waals surface area contributed by atoms with Gasteiger partial charge in [0.1, 0.15) is 4.90 Å². The molecule has 2 rings (SSSR count). The number of sulfonamides is 1. The van der Waals surface area contributed by atoms with Gasteiger partial charge < -0.3 is 9.88 Å². The Morgan fingerprint density at radius 1 is 1.24 bits per heavy atom. The molecule has 1 heterocycles. The van der Waals surface area contributed by atoms with Gasteiger partial charge in [-0.2, -0.15) is 0 Å². The highest BCUT2D eigenvalue weighted by Crippen LogP contribution is 2.28. The second kappa shape index (κ2) is 6.51. The molecule has 1 aromatic carbocycles. The number of rotatable bonds is 5. The predicted molar refractivity (Wildman–Crippen MR) is 90.8 cm³/mol. The smallest absolute Gasteiger partial charge is 0.263 e. The Morgan fingerprint density at radius 2 is 1.95 bits per heavy atom. The highest BCUT2D eigenvalue weighted by atomic mass is 79.9. The maximum atomic E-state index is 12.5. The van der Waals surface area contributed by atoms with Crippen LogP contribution >= 0.6 is 31.9 Å². The van der Waals surface area contributed by atoms with E-state index in [9.17, 15) is 8.42 Å². The molecular formula is C13H15Br2N3O2S. The first kappa shape index (κ1) is 16.5. The van der Waals surface area contributed by atoms with Crippen LogP contribution in [-0.2, 0) is 23.6 Å². The van der Waals surface area contributed by atoms with Crippen LogP contribution in [0.4, 0.5) is 5.69 Å². The lowest BCUT2D eigenvalue weighted by Gasteiger charge is -2.08. The summed E-state index contributed by atoms with van der Waals surface area (Å²) >= 11 is 6.67. The van der Waals surface area contributed by atoms with Crippen molar-refractivity contribution in [2.24, 2.45) is 7.05 Å². The molecule has 2 aromatic rings. The zero-order valence-corrected chi connectivity index (χ0v) is 15.5. The lowest BCUT2D eigenvalue weighted by Crippen LogP contribution is -2.12. The number of aromatic nitrogens is 1. The molecule has 114 valence electrons. The van der Waals surface area contributed by atoms with Gasteiger partial charge in [-0.1, -0.05) is 15.9 Å². The number of anilines is 1. The maximum Gasteiger partial charge on any atom is 0.263 e. The molecule has 0 amide bonds. The second-order valence-electron chi connectivity index (χ2n) is 4.54. The molecule has 0 spiro atoms. The molecule has 0 aliphatic carbocycles. The molecule has 0 aliphatic heterocycles. The Balaban J connectivity index is 2.34. The molecule has 0 radical (unpaired) electrons. The molecule has 0 aliphatic rings. The highest BCUT2D eigenvalue weighted by molar-refractivity contribution is 9.11. The maximum absolute atomic E-state index is 12.5. The number of halogens is 2. The van der Waals surface area contributed by atoms with Crippen molar-refractivity contribution in [1.29, 1.82) is 0 Å². The summed E-state index contributed by atoms with van der Waals surface area (Å²) in [4.78, 5) is 0.238. The van der Waals surface area contributed by atoms with E-state index in [-0.39, 0.29) is 4.90 Å². The number of aryl methyl sites for hydroxylation is 1. The Morgan fingerprint density at radius 3 is 2.62 bits per heavy atom. The van der Waals surface area contributed by atoms with Gasteiger partial charge in [-0.25, -0.2) is 8.42 Å². The zero-order chi connectivity index (χ0) is 15.6. The molecule has 0 bridgehead atoms. The number of hydrogen-bond acceptors (Lipinski definition) is 3. The van der Waals surface area contributed by atoms with Crippen LogP contribution in [0.25, 0.3) is 0 Å². The normalized spacial score (nSPS) is 11.6. The third-order valence-electron chi connectivity index (χ3n) is 2.92. The Labute approximate surface area is 141 Å². The van der Waals surface area contributed by atoms with Gasteiger partial charge >= 0.3 is 0 Å². The van der Waals surface area contributed by atoms with Crippen LogP contribution in [-0.4, -0.2) is 20.0 Å². The van der Waals surface area contributed by atoms with Gasteiger partial charge in [0.15, 0.2) is 0 Å². The van der Waals surface area contributed by atoms with Gasteiger partial charge in [-0.05, 0) is 47.2 Å². The van der Waals surface area contributed by atoms with Crippen molar-refractivity contribution in [2.45, 2.75) is 11.4 Å². The first-order chi connectivity index (χ1) is 9.83. The standard InChI is InChI=1S/C13H15Br2N3O2S/c1-16-7-10-6-11(8-18(10)2)21(19,20)17-13-5-9(14)3-4-12(13)15/h3-6,8,16-17H,7H2,1-2H3. The van der Waals surface area contributed by atoms with Crippen molar-refractivity contribution in [2.75, 3.05) is 11.8 Å². The predicted octanol–water partition coefficient (Wildman–Crippen LogP) is 3.07. The molecule has 0 saturated carbocycles. The quantitative estimate of drug-likeness (QED) is 0.756. The number of nitrogens with zero attached hydrogens (tertiary/aromatic N) is 1. The third kappa shape index (κ3) is 3.88. The van der Waals surface area contributed by atoms with Gasteiger partial charge in [-0.3, -0.25) is 4.72 Å². The van der Waals surface area contributed by atoms with E-state index >= 15 is 0 Å². The summed E-state index contributed by atoms with van der Waals surface area (Å²) in [5, 5.41) is 3.01. The van der Waals surface area contributed by atoms with Crippen molar-refractivity contribution in [1.82, 2.24) is 9.88 Å². The van der Waals surface area contributed by atoms with E-state index in [4.69, 9.17) is 0 Å². The fourth-order valence-electron chi connectivity index (χ4n) is 1.86. The minimum Gasteiger partial charge on any atom is -0.352 e. The SMILES string of the molecule is CNCc1cc(S(=O)(=O)Nc2cc(Br)ccc2Br)cn1C. The summed E-state index contributed by atoms with van der Waals surface area (Å²) < 4.78 is 30.8. The van der Waals surface area contributed by atoms with Crippen LogP contribution in [0.1, 0.15) is 5.69 Å². The Bertz CT molecular complexity index is 757. The van der Waals surface area contributed by atoms with Gasteiger partial charge in [-0.15, -0.1) is 0 Å². The van der Waals surface area contributed by atoms with Crippen LogP contribution in [0.5, 0.6) is 0 Å². The number of benzene rings is 1. The van der Waals surface area contributed by atoms with Crippen molar-refractivity contribution in [3.05, 3.63) is 45.1 Å². The molecule has 0 fully saturated rings. The van der Waals surface area contributed by atoms with E-state index in [1.165, 1.54) is 0 Å². The summed E-state index contributed by atoms with van der Waals surface area (Å²) in [6.07, 6.45) is 1.60. The van der Waals surface area contributed by atoms with Crippen molar-refractivity contribution >= 4 is 47.6 Å². The largest absolute Gasteiger partial charge is 0.352 e. The first-order valence-corrected chi connectivity index (χ1v) is 9.18. The number of nitrogens with one attached hydrogen (secondary N) is 2. The molecule has 0 saturated heterocycles. The summed E-state index contributed by atoms with van der Waals surface area (Å²) in [7, 11) is 0.0156. The van der Waals surface area contributed by atoms with Gasteiger partial charge in [0.05, 0.1) is 5.69 Å². The van der Waals surface area contributed by atoms with Crippen molar-refractivity contribution in [3.8, 4) is 0 Å². The van der Waals surface area contributed by atoms with Crippen LogP contribution in [0.15, 0.2) is 44.3 Å². The Kier molecular flexibility index (Phi) is 5.13. The molecule has 0 unspecified atom stereocenters. The van der Waals surface area contributed by atoms with E-state index in [1.54, 1.807) is 29.0 Å². The van der Waals surface area contributed by atoms with Crippen LogP contribution in [0.2, 0.25) is 0 Å². The summed E-state index contributed by atoms with van der Waals surface area (Å²) in [5.41, 5.74) is 1.38. The third-order valence-corrected chi connectivity index (χ3v) is 5.44. The van der Waals surface area contributed by atoms with E-state index in [0.29, 0.717) is 16.7 Å². The van der Waals surface area contributed by atoms with Gasteiger partial charge in [0.2, 0.25) is 0 Å². The second-order valence-corrected chi connectivity index (χ2v) is 7.99. The minimum absolute atomic E-state index is 0.238. The topological polar surface area (TPSA) is 63.1 Å². The summed E-state index contributed by atoms with van der Waals surface area (Å²) in [6, 6.07) is 6.97. The molecule has 0 atom stereocenters. The fraction of sp³-hybridized carbons (Fsp3) is 0.231. The van der Waals surface area contributed by atoms with E-state index in [1.807, 2.05) is 20.2 Å². The van der Waals surface area contributed by atoms with Gasteiger partial charge in [0, 0.05) is 34.4 Å². The fourth-order valence-corrected chi connectivity index (χ4v) is 3.86. The molecule has 21 heavy (non-hydrogen) atoms. The van der Waals surface area contributed by atoms with E-state index in [0.717, 1.165) is 10.2 Å². The van der Waals surface area contributed by atoms with Crippen LogP contribution < -0.4 is 10.0 Å². The van der Waals surface area contributed by atoms with E-state index in [2.05, 4.69) is 41.9 Å². The molecule has 2 N–H and O–H groups in total. The average molecular weight is 437 g/mol. The molecular weight excluding hydrogens is 422 g/mol. The first-order valence-electron chi connectivity index (χ1n) is 6.11. The lowest BCUT2D eigenvalue weighted by molar-refractivity contribution is 0.601. The Hall–Kier alpha value is -0.830. The summed E-state index contributed by atoms with van der Waals surface area (Å²) in [6.45, 7) is 0.604. The number of hydrogen-bond donors (Lipinski definition) is 2. The van der Waals surface area contributed by atoms with E-state index < -0.39 is 10.0 Å². The minimum atomic E-state index is -3.62. The van der Waals surface area contributed by atoms with Crippen molar-refractivity contribution < 1.29 is 8.42 Å².